The molecule has 1 aliphatic rings. The number of likely N-dealkylation sites (N-methyl/N-ethyl adjacent to an activating group) is 1. The number of benzene rings is 1. The van der Waals surface area contributed by atoms with Gasteiger partial charge in [0.15, 0.2) is 11.6 Å². The second kappa shape index (κ2) is 6.15. The zero-order valence-electron chi connectivity index (χ0n) is 12.3. The molecule has 1 aromatic heterocycles. The Balaban J connectivity index is 1.79. The van der Waals surface area contributed by atoms with Gasteiger partial charge in [0.25, 0.3) is 0 Å². The van der Waals surface area contributed by atoms with Crippen LogP contribution in [0.15, 0.2) is 30.5 Å². The van der Waals surface area contributed by atoms with Gasteiger partial charge in [0.05, 0.1) is 6.20 Å². The maximum atomic E-state index is 13.9. The Morgan fingerprint density at radius 3 is 2.50 bits per heavy atom. The number of nitrogens with one attached hydrogen (secondary N) is 1. The summed E-state index contributed by atoms with van der Waals surface area (Å²) in [6.45, 7) is 3.50. The van der Waals surface area contributed by atoms with Crippen molar-refractivity contribution in [2.24, 2.45) is 0 Å². The minimum Gasteiger partial charge on any atom is -0.508 e. The molecule has 1 fully saturated rings. The number of phenols is 1. The van der Waals surface area contributed by atoms with Gasteiger partial charge in [-0.2, -0.15) is 4.98 Å². The lowest BCUT2D eigenvalue weighted by atomic mass is 10.3. The maximum Gasteiger partial charge on any atom is 0.227 e. The fourth-order valence-corrected chi connectivity index (χ4v) is 2.29. The Hall–Kier alpha value is -2.41. The minimum absolute atomic E-state index is 0.134. The highest BCUT2D eigenvalue weighted by Gasteiger charge is 2.18. The van der Waals surface area contributed by atoms with E-state index in [2.05, 4.69) is 27.2 Å². The first-order valence-corrected chi connectivity index (χ1v) is 7.14. The first kappa shape index (κ1) is 14.5. The number of hydrogen-bond acceptors (Lipinski definition) is 6. The molecule has 3 rings (SSSR count). The Labute approximate surface area is 128 Å². The van der Waals surface area contributed by atoms with Crippen molar-refractivity contribution in [3.05, 3.63) is 36.3 Å². The van der Waals surface area contributed by atoms with Gasteiger partial charge in [-0.1, -0.05) is 0 Å². The van der Waals surface area contributed by atoms with Crippen LogP contribution >= 0.6 is 0 Å². The molecular formula is C15H18FN5O. The van der Waals surface area contributed by atoms with E-state index >= 15 is 0 Å². The molecule has 1 aliphatic heterocycles. The molecule has 0 aliphatic carbocycles. The first-order valence-electron chi connectivity index (χ1n) is 7.14. The Kier molecular flexibility index (Phi) is 4.06. The summed E-state index contributed by atoms with van der Waals surface area (Å²) in [5.74, 6) is 0.309. The molecule has 2 aromatic rings. The molecule has 0 radical (unpaired) electrons. The summed E-state index contributed by atoms with van der Waals surface area (Å²) in [5.41, 5.74) is 0.653. The van der Waals surface area contributed by atoms with Crippen molar-refractivity contribution in [1.29, 1.82) is 0 Å². The number of rotatable bonds is 3. The Morgan fingerprint density at radius 1 is 1.14 bits per heavy atom. The van der Waals surface area contributed by atoms with Gasteiger partial charge in [-0.25, -0.2) is 9.37 Å². The molecule has 116 valence electrons. The molecule has 0 spiro atoms. The van der Waals surface area contributed by atoms with Crippen LogP contribution in [0.5, 0.6) is 5.75 Å². The topological polar surface area (TPSA) is 64.5 Å². The van der Waals surface area contributed by atoms with Gasteiger partial charge in [-0.3, -0.25) is 0 Å². The zero-order valence-corrected chi connectivity index (χ0v) is 12.3. The van der Waals surface area contributed by atoms with Crippen LogP contribution in [0.1, 0.15) is 0 Å². The van der Waals surface area contributed by atoms with Crippen molar-refractivity contribution in [1.82, 2.24) is 14.9 Å². The zero-order chi connectivity index (χ0) is 15.5. The van der Waals surface area contributed by atoms with E-state index in [1.165, 1.54) is 18.3 Å². The third-order valence-electron chi connectivity index (χ3n) is 3.65. The molecule has 1 saturated heterocycles. The number of piperazine rings is 1. The molecule has 0 amide bonds. The number of phenolic OH excluding ortho intramolecular Hbond substituents is 1. The van der Waals surface area contributed by atoms with Crippen LogP contribution in [0.2, 0.25) is 0 Å². The van der Waals surface area contributed by atoms with Gasteiger partial charge in [0.2, 0.25) is 5.95 Å². The molecule has 6 nitrogen and oxygen atoms in total. The Bertz CT molecular complexity index is 641. The second-order valence-electron chi connectivity index (χ2n) is 5.33. The molecule has 0 unspecified atom stereocenters. The van der Waals surface area contributed by atoms with Gasteiger partial charge in [0, 0.05) is 31.9 Å². The number of nitrogens with zero attached hydrogens (tertiary/aromatic N) is 4. The van der Waals surface area contributed by atoms with E-state index in [0.29, 0.717) is 11.6 Å². The highest BCUT2D eigenvalue weighted by molar-refractivity contribution is 5.58. The summed E-state index contributed by atoms with van der Waals surface area (Å²) in [4.78, 5) is 12.6. The van der Waals surface area contributed by atoms with Crippen molar-refractivity contribution in [2.75, 3.05) is 43.4 Å². The third kappa shape index (κ3) is 3.25. The van der Waals surface area contributed by atoms with Crippen LogP contribution < -0.4 is 10.2 Å². The van der Waals surface area contributed by atoms with Crippen LogP contribution in [0.3, 0.4) is 0 Å². The summed E-state index contributed by atoms with van der Waals surface area (Å²) in [7, 11) is 2.07. The summed E-state index contributed by atoms with van der Waals surface area (Å²) < 4.78 is 13.9. The number of halogens is 1. The smallest absolute Gasteiger partial charge is 0.227 e. The monoisotopic (exact) mass is 303 g/mol. The van der Waals surface area contributed by atoms with Crippen LogP contribution in [-0.2, 0) is 0 Å². The van der Waals surface area contributed by atoms with E-state index in [1.54, 1.807) is 12.1 Å². The number of aromatic hydroxyl groups is 1. The fraction of sp³-hybridized carbons (Fsp3) is 0.333. The molecule has 1 aromatic carbocycles. The van der Waals surface area contributed by atoms with Crippen molar-refractivity contribution in [2.45, 2.75) is 0 Å². The van der Waals surface area contributed by atoms with E-state index in [0.717, 1.165) is 26.2 Å². The predicted octanol–water partition coefficient (Wildman–Crippen LogP) is 1.82. The van der Waals surface area contributed by atoms with Gasteiger partial charge in [-0.15, -0.1) is 0 Å². The summed E-state index contributed by atoms with van der Waals surface area (Å²) >= 11 is 0. The second-order valence-corrected chi connectivity index (χ2v) is 5.33. The first-order chi connectivity index (χ1) is 10.6. The lowest BCUT2D eigenvalue weighted by Gasteiger charge is -2.32. The maximum absolute atomic E-state index is 13.9. The average Bonchev–Trinajstić information content (AvgIpc) is 2.52. The van der Waals surface area contributed by atoms with Crippen LogP contribution in [-0.4, -0.2) is 53.2 Å². The normalized spacial score (nSPS) is 15.8. The summed E-state index contributed by atoms with van der Waals surface area (Å²) in [5, 5.41) is 12.2. The highest BCUT2D eigenvalue weighted by Crippen LogP contribution is 2.22. The van der Waals surface area contributed by atoms with Gasteiger partial charge in [-0.05, 0) is 31.3 Å². The van der Waals surface area contributed by atoms with Crippen molar-refractivity contribution in [3.8, 4) is 5.75 Å². The summed E-state index contributed by atoms with van der Waals surface area (Å²) in [6, 6.07) is 6.38. The average molecular weight is 303 g/mol. The van der Waals surface area contributed by atoms with E-state index in [-0.39, 0.29) is 11.6 Å². The van der Waals surface area contributed by atoms with Gasteiger partial charge >= 0.3 is 0 Å². The SMILES string of the molecule is CN1CCN(c2ncc(F)c(Nc3ccc(O)cc3)n2)CC1. The van der Waals surface area contributed by atoms with Crippen molar-refractivity contribution >= 4 is 17.5 Å². The number of anilines is 3. The molecule has 2 heterocycles. The van der Waals surface area contributed by atoms with Crippen LogP contribution in [0.25, 0.3) is 0 Å². The lowest BCUT2D eigenvalue weighted by Crippen LogP contribution is -2.45. The highest BCUT2D eigenvalue weighted by atomic mass is 19.1. The summed E-state index contributed by atoms with van der Waals surface area (Å²) in [6.07, 6.45) is 1.18. The molecular weight excluding hydrogens is 285 g/mol. The minimum atomic E-state index is -0.508. The van der Waals surface area contributed by atoms with Gasteiger partial charge in [0.1, 0.15) is 5.75 Å². The molecule has 2 N–H and O–H groups in total. The molecule has 0 bridgehead atoms. The van der Waals surface area contributed by atoms with Crippen molar-refractivity contribution in [3.63, 3.8) is 0 Å². The molecule has 7 heteroatoms. The third-order valence-corrected chi connectivity index (χ3v) is 3.65. The molecule has 22 heavy (non-hydrogen) atoms. The van der Waals surface area contributed by atoms with Gasteiger partial charge < -0.3 is 20.2 Å². The lowest BCUT2D eigenvalue weighted by molar-refractivity contribution is 0.311. The van der Waals surface area contributed by atoms with Crippen molar-refractivity contribution < 1.29 is 9.50 Å². The van der Waals surface area contributed by atoms with E-state index in [4.69, 9.17) is 0 Å². The standard InChI is InChI=1S/C15H18FN5O/c1-20-6-8-21(9-7-20)15-17-10-13(16)14(19-15)18-11-2-4-12(22)5-3-11/h2-5,10,22H,6-9H2,1H3,(H,17,18,19). The molecule has 0 atom stereocenters. The van der Waals surface area contributed by atoms with E-state index in [1.807, 2.05) is 4.90 Å². The van der Waals surface area contributed by atoms with Crippen LogP contribution in [0.4, 0.5) is 21.8 Å². The van der Waals surface area contributed by atoms with E-state index in [9.17, 15) is 9.50 Å². The fourth-order valence-electron chi connectivity index (χ4n) is 2.29. The Morgan fingerprint density at radius 2 is 1.82 bits per heavy atom. The molecule has 0 saturated carbocycles. The number of hydrogen-bond donors (Lipinski definition) is 2. The van der Waals surface area contributed by atoms with Crippen LogP contribution in [0, 0.1) is 5.82 Å². The van der Waals surface area contributed by atoms with E-state index < -0.39 is 5.82 Å². The number of aromatic nitrogens is 2. The quantitative estimate of drug-likeness (QED) is 0.843. The largest absolute Gasteiger partial charge is 0.508 e. The predicted molar refractivity (Wildman–Crippen MR) is 83.1 cm³/mol.